The van der Waals surface area contributed by atoms with Crippen LogP contribution in [0.2, 0.25) is 0 Å². The van der Waals surface area contributed by atoms with E-state index in [2.05, 4.69) is 4.74 Å². The number of carbonyl (C=O) groups excluding carboxylic acids is 1. The number of hydrogen-bond donors (Lipinski definition) is 0. The van der Waals surface area contributed by atoms with Crippen LogP contribution in [0.3, 0.4) is 0 Å². The summed E-state index contributed by atoms with van der Waals surface area (Å²) in [4.78, 5) is 11.2. The monoisotopic (exact) mass is 246 g/mol. The maximum atomic E-state index is 11.2. The lowest BCUT2D eigenvalue weighted by Gasteiger charge is -2.06. The van der Waals surface area contributed by atoms with E-state index in [1.165, 1.54) is 13.2 Å². The van der Waals surface area contributed by atoms with E-state index >= 15 is 0 Å². The number of para-hydroxylation sites is 1. The van der Waals surface area contributed by atoms with E-state index in [0.29, 0.717) is 0 Å². The molecule has 0 fully saturated rings. The van der Waals surface area contributed by atoms with Crippen LogP contribution in [-0.2, 0) is 11.2 Å². The molecule has 0 spiro atoms. The average Bonchev–Trinajstić information content (AvgIpc) is 2.87. The van der Waals surface area contributed by atoms with E-state index in [4.69, 9.17) is 9.15 Å². The number of aryl methyl sites for hydroxylation is 1. The van der Waals surface area contributed by atoms with Crippen molar-refractivity contribution in [1.82, 2.24) is 0 Å². The van der Waals surface area contributed by atoms with Crippen LogP contribution in [0.5, 0.6) is 11.7 Å². The van der Waals surface area contributed by atoms with Gasteiger partial charge in [-0.25, -0.2) is 4.79 Å². The van der Waals surface area contributed by atoms with Crippen LogP contribution in [-0.4, -0.2) is 13.1 Å². The van der Waals surface area contributed by atoms with Crippen LogP contribution in [0.1, 0.15) is 23.0 Å². The molecule has 0 atom stereocenters. The number of esters is 1. The van der Waals surface area contributed by atoms with Gasteiger partial charge in [0.25, 0.3) is 5.95 Å². The summed E-state index contributed by atoms with van der Waals surface area (Å²) in [5, 5.41) is 0. The van der Waals surface area contributed by atoms with E-state index in [1.807, 2.05) is 31.2 Å². The third-order valence-corrected chi connectivity index (χ3v) is 2.53. The Morgan fingerprint density at radius 1 is 1.22 bits per heavy atom. The summed E-state index contributed by atoms with van der Waals surface area (Å²) in [6, 6.07) is 10.8. The van der Waals surface area contributed by atoms with Crippen LogP contribution in [0, 0.1) is 0 Å². The SMILES string of the molecule is CCc1ccccc1Oc1ccc(C(=O)OC)o1. The quantitative estimate of drug-likeness (QED) is 0.775. The highest BCUT2D eigenvalue weighted by atomic mass is 16.6. The van der Waals surface area contributed by atoms with Crippen molar-refractivity contribution in [3.8, 4) is 11.7 Å². The summed E-state index contributed by atoms with van der Waals surface area (Å²) < 4.78 is 15.4. The fraction of sp³-hybridized carbons (Fsp3) is 0.214. The van der Waals surface area contributed by atoms with E-state index in [9.17, 15) is 4.79 Å². The molecular weight excluding hydrogens is 232 g/mol. The first-order chi connectivity index (χ1) is 8.74. The molecule has 0 unspecified atom stereocenters. The lowest BCUT2D eigenvalue weighted by Crippen LogP contribution is -1.98. The van der Waals surface area contributed by atoms with Crippen molar-refractivity contribution < 1.29 is 18.7 Å². The van der Waals surface area contributed by atoms with E-state index in [-0.39, 0.29) is 11.7 Å². The first-order valence-electron chi connectivity index (χ1n) is 5.68. The fourth-order valence-corrected chi connectivity index (χ4v) is 1.59. The highest BCUT2D eigenvalue weighted by Gasteiger charge is 2.12. The third kappa shape index (κ3) is 2.53. The predicted molar refractivity (Wildman–Crippen MR) is 65.9 cm³/mol. The van der Waals surface area contributed by atoms with Gasteiger partial charge in [0.1, 0.15) is 5.75 Å². The van der Waals surface area contributed by atoms with Gasteiger partial charge in [-0.1, -0.05) is 25.1 Å². The molecule has 1 aromatic heterocycles. The van der Waals surface area contributed by atoms with Gasteiger partial charge in [0, 0.05) is 6.07 Å². The molecule has 0 saturated heterocycles. The van der Waals surface area contributed by atoms with Gasteiger partial charge in [-0.05, 0) is 24.1 Å². The first kappa shape index (κ1) is 12.2. The number of furan rings is 1. The lowest BCUT2D eigenvalue weighted by molar-refractivity contribution is 0.0560. The Morgan fingerprint density at radius 3 is 2.72 bits per heavy atom. The minimum Gasteiger partial charge on any atom is -0.463 e. The van der Waals surface area contributed by atoms with Gasteiger partial charge in [0.15, 0.2) is 0 Å². The number of benzene rings is 1. The second-order valence-electron chi connectivity index (χ2n) is 3.67. The van der Waals surface area contributed by atoms with Gasteiger partial charge in [-0.2, -0.15) is 0 Å². The molecule has 0 saturated carbocycles. The van der Waals surface area contributed by atoms with E-state index in [0.717, 1.165) is 17.7 Å². The average molecular weight is 246 g/mol. The minimum absolute atomic E-state index is 0.126. The van der Waals surface area contributed by atoms with Gasteiger partial charge >= 0.3 is 5.97 Å². The second-order valence-corrected chi connectivity index (χ2v) is 3.67. The molecule has 0 aliphatic carbocycles. The Kier molecular flexibility index (Phi) is 3.67. The summed E-state index contributed by atoms with van der Waals surface area (Å²) in [5.74, 6) is 0.608. The third-order valence-electron chi connectivity index (χ3n) is 2.53. The summed E-state index contributed by atoms with van der Waals surface area (Å²) >= 11 is 0. The normalized spacial score (nSPS) is 10.1. The van der Waals surface area contributed by atoms with Crippen LogP contribution in [0.15, 0.2) is 40.8 Å². The molecule has 18 heavy (non-hydrogen) atoms. The Balaban J connectivity index is 2.19. The van der Waals surface area contributed by atoms with Gasteiger partial charge in [-0.3, -0.25) is 0 Å². The standard InChI is InChI=1S/C14H14O4/c1-3-10-6-4-5-7-11(10)17-13-9-8-12(18-13)14(15)16-2/h4-9H,3H2,1-2H3. The molecule has 1 heterocycles. The highest BCUT2D eigenvalue weighted by Crippen LogP contribution is 2.27. The first-order valence-corrected chi connectivity index (χ1v) is 5.68. The van der Waals surface area contributed by atoms with Crippen molar-refractivity contribution in [2.45, 2.75) is 13.3 Å². The van der Waals surface area contributed by atoms with Crippen molar-refractivity contribution >= 4 is 5.97 Å². The molecule has 0 radical (unpaired) electrons. The van der Waals surface area contributed by atoms with Gasteiger partial charge in [0.2, 0.25) is 5.76 Å². The molecule has 4 heteroatoms. The molecule has 0 N–H and O–H groups in total. The lowest BCUT2D eigenvalue weighted by atomic mass is 10.1. The Morgan fingerprint density at radius 2 is 2.00 bits per heavy atom. The molecule has 0 aliphatic rings. The van der Waals surface area contributed by atoms with Crippen molar-refractivity contribution in [3.05, 3.63) is 47.7 Å². The predicted octanol–water partition coefficient (Wildman–Crippen LogP) is 3.42. The highest BCUT2D eigenvalue weighted by molar-refractivity contribution is 5.86. The maximum Gasteiger partial charge on any atom is 0.374 e. The number of ether oxygens (including phenoxy) is 2. The minimum atomic E-state index is -0.520. The number of rotatable bonds is 4. The van der Waals surface area contributed by atoms with E-state index < -0.39 is 5.97 Å². The van der Waals surface area contributed by atoms with Crippen molar-refractivity contribution in [3.63, 3.8) is 0 Å². The van der Waals surface area contributed by atoms with Crippen LogP contribution >= 0.6 is 0 Å². The zero-order valence-corrected chi connectivity index (χ0v) is 10.3. The van der Waals surface area contributed by atoms with Crippen LogP contribution in [0.25, 0.3) is 0 Å². The molecule has 0 bridgehead atoms. The molecule has 94 valence electrons. The second kappa shape index (κ2) is 5.40. The van der Waals surface area contributed by atoms with Gasteiger partial charge in [-0.15, -0.1) is 0 Å². The van der Waals surface area contributed by atoms with Crippen LogP contribution in [0.4, 0.5) is 0 Å². The number of hydrogen-bond acceptors (Lipinski definition) is 4. The van der Waals surface area contributed by atoms with E-state index in [1.54, 1.807) is 6.07 Å². The summed E-state index contributed by atoms with van der Waals surface area (Å²) in [5.41, 5.74) is 1.08. The zero-order chi connectivity index (χ0) is 13.0. The molecule has 0 amide bonds. The van der Waals surface area contributed by atoms with Crippen molar-refractivity contribution in [1.29, 1.82) is 0 Å². The summed E-state index contributed by atoms with van der Waals surface area (Å²) in [7, 11) is 1.30. The van der Waals surface area contributed by atoms with Gasteiger partial charge < -0.3 is 13.9 Å². The summed E-state index contributed by atoms with van der Waals surface area (Å²) in [6.07, 6.45) is 0.862. The molecule has 2 rings (SSSR count). The number of carbonyl (C=O) groups is 1. The maximum absolute atomic E-state index is 11.2. The van der Waals surface area contributed by atoms with Crippen molar-refractivity contribution in [2.24, 2.45) is 0 Å². The Bertz CT molecular complexity index is 542. The smallest absolute Gasteiger partial charge is 0.374 e. The molecule has 2 aromatic rings. The Hall–Kier alpha value is -2.23. The van der Waals surface area contributed by atoms with Crippen molar-refractivity contribution in [2.75, 3.05) is 7.11 Å². The largest absolute Gasteiger partial charge is 0.463 e. The molecule has 1 aromatic carbocycles. The van der Waals surface area contributed by atoms with Gasteiger partial charge in [0.05, 0.1) is 7.11 Å². The molecule has 0 aliphatic heterocycles. The summed E-state index contributed by atoms with van der Waals surface area (Å²) in [6.45, 7) is 2.05. The molecular formula is C14H14O4. The Labute approximate surface area is 105 Å². The number of methoxy groups -OCH3 is 1. The van der Waals surface area contributed by atoms with Crippen LogP contribution < -0.4 is 4.74 Å². The molecule has 4 nitrogen and oxygen atoms in total. The fourth-order valence-electron chi connectivity index (χ4n) is 1.59. The topological polar surface area (TPSA) is 48.7 Å². The zero-order valence-electron chi connectivity index (χ0n) is 10.3.